The molecule has 2 nitrogen and oxygen atoms in total. The highest BCUT2D eigenvalue weighted by Gasteiger charge is 2.83. The number of halogens is 11. The predicted molar refractivity (Wildman–Crippen MR) is 33.1 cm³/mol. The largest absolute Gasteiger partial charge is 0.456 e. The van der Waals surface area contributed by atoms with E-state index in [9.17, 15) is 53.1 Å². The van der Waals surface area contributed by atoms with E-state index in [1.54, 1.807) is 0 Å². The number of Topliss-reactive ketones (excluding diaryl/α,β-unsaturated/α-hetero) is 1. The van der Waals surface area contributed by atoms with E-state index in [1.807, 2.05) is 0 Å². The van der Waals surface area contributed by atoms with Gasteiger partial charge in [-0.15, -0.1) is 0 Å². The molecule has 0 aliphatic heterocycles. The van der Waals surface area contributed by atoms with Crippen molar-refractivity contribution in [2.24, 2.45) is 0 Å². The van der Waals surface area contributed by atoms with Crippen LogP contribution in [0.25, 0.3) is 0 Å². The average molecular weight is 314 g/mol. The summed E-state index contributed by atoms with van der Waals surface area (Å²) in [6.07, 6.45) is -21.4. The van der Waals surface area contributed by atoms with Crippen LogP contribution < -0.4 is 0 Å². The molecule has 0 bridgehead atoms. The molecule has 0 saturated heterocycles. The molecule has 0 aromatic carbocycles. The van der Waals surface area contributed by atoms with Crippen LogP contribution >= 0.6 is 0 Å². The van der Waals surface area contributed by atoms with Gasteiger partial charge in [0.05, 0.1) is 0 Å². The second-order valence-corrected chi connectivity index (χ2v) is 3.10. The Hall–Kier alpha value is -1.14. The van der Waals surface area contributed by atoms with Crippen LogP contribution in [-0.4, -0.2) is 40.9 Å². The highest BCUT2D eigenvalue weighted by molar-refractivity contribution is 5.95. The number of alkyl halides is 11. The monoisotopic (exact) mass is 314 g/mol. The van der Waals surface area contributed by atoms with Crippen LogP contribution in [0.2, 0.25) is 0 Å². The molecule has 0 rings (SSSR count). The van der Waals surface area contributed by atoms with Crippen molar-refractivity contribution >= 4 is 5.78 Å². The van der Waals surface area contributed by atoms with Gasteiger partial charge in [-0.25, -0.2) is 4.39 Å². The fraction of sp³-hybridized carbons (Fsp3) is 0.833. The lowest BCUT2D eigenvalue weighted by molar-refractivity contribution is -0.350. The molecule has 0 fully saturated rings. The SMILES string of the molecule is O=C(C(O)(F)C(F)(F)F)C(F)(C(F)(F)F)C(F)(F)F. The van der Waals surface area contributed by atoms with Gasteiger partial charge in [-0.1, -0.05) is 0 Å². The zero-order valence-electron chi connectivity index (χ0n) is 8.01. The van der Waals surface area contributed by atoms with E-state index in [-0.39, 0.29) is 0 Å². The van der Waals surface area contributed by atoms with Crippen molar-refractivity contribution in [3.63, 3.8) is 0 Å². The molecular weight excluding hydrogens is 313 g/mol. The Kier molecular flexibility index (Phi) is 3.93. The van der Waals surface area contributed by atoms with Gasteiger partial charge in [0.2, 0.25) is 0 Å². The second-order valence-electron chi connectivity index (χ2n) is 3.10. The summed E-state index contributed by atoms with van der Waals surface area (Å²) in [5.41, 5.74) is -7.21. The topological polar surface area (TPSA) is 37.3 Å². The second kappa shape index (κ2) is 4.18. The van der Waals surface area contributed by atoms with Crippen LogP contribution in [0.3, 0.4) is 0 Å². The molecule has 114 valence electrons. The summed E-state index contributed by atoms with van der Waals surface area (Å²) in [4.78, 5) is 10.3. The molecule has 0 radical (unpaired) electrons. The summed E-state index contributed by atoms with van der Waals surface area (Å²) in [6.45, 7) is 0. The van der Waals surface area contributed by atoms with Crippen molar-refractivity contribution in [3.8, 4) is 0 Å². The van der Waals surface area contributed by atoms with Gasteiger partial charge in [0.15, 0.2) is 0 Å². The van der Waals surface area contributed by atoms with Gasteiger partial charge in [0, 0.05) is 0 Å². The zero-order chi connectivity index (χ0) is 16.1. The minimum absolute atomic E-state index is 4.77. The standard InChI is InChI=1S/C6HF11O2/c7-2(4(9,10)11,5(12,13)14)1(18)3(8,19)6(15,16)17/h19H. The molecule has 0 aliphatic carbocycles. The van der Waals surface area contributed by atoms with E-state index >= 15 is 0 Å². The van der Waals surface area contributed by atoms with Crippen LogP contribution in [0.5, 0.6) is 0 Å². The first-order valence-corrected chi connectivity index (χ1v) is 3.76. The number of ketones is 1. The summed E-state index contributed by atoms with van der Waals surface area (Å²) in [5, 5.41) is 7.80. The quantitative estimate of drug-likeness (QED) is 0.796. The summed E-state index contributed by atoms with van der Waals surface area (Å²) >= 11 is 0. The van der Waals surface area contributed by atoms with Gasteiger partial charge < -0.3 is 5.11 Å². The molecular formula is C6HF11O2. The fourth-order valence-corrected chi connectivity index (χ4v) is 0.775. The Morgan fingerprint density at radius 3 is 1.05 bits per heavy atom. The maximum Gasteiger partial charge on any atom is 0.456 e. The van der Waals surface area contributed by atoms with Gasteiger partial charge in [0.1, 0.15) is 0 Å². The van der Waals surface area contributed by atoms with Crippen molar-refractivity contribution < 1.29 is 58.2 Å². The number of carbonyl (C=O) groups is 1. The van der Waals surface area contributed by atoms with Gasteiger partial charge >= 0.3 is 30.1 Å². The van der Waals surface area contributed by atoms with Crippen molar-refractivity contribution in [2.75, 3.05) is 0 Å². The Balaban J connectivity index is 6.06. The van der Waals surface area contributed by atoms with Crippen molar-refractivity contribution in [2.45, 2.75) is 30.1 Å². The third-order valence-electron chi connectivity index (χ3n) is 1.77. The van der Waals surface area contributed by atoms with Crippen LogP contribution in [0.15, 0.2) is 0 Å². The fourth-order valence-electron chi connectivity index (χ4n) is 0.775. The van der Waals surface area contributed by atoms with E-state index in [1.165, 1.54) is 0 Å². The Bertz CT molecular complexity index is 345. The molecule has 0 saturated carbocycles. The number of hydrogen-bond donors (Lipinski definition) is 1. The zero-order valence-corrected chi connectivity index (χ0v) is 8.01. The molecule has 0 heterocycles. The predicted octanol–water partition coefficient (Wildman–Crippen LogP) is 2.61. The van der Waals surface area contributed by atoms with Crippen LogP contribution in [-0.2, 0) is 4.79 Å². The number of rotatable bonds is 2. The molecule has 19 heavy (non-hydrogen) atoms. The van der Waals surface area contributed by atoms with E-state index < -0.39 is 35.8 Å². The van der Waals surface area contributed by atoms with Crippen molar-refractivity contribution in [1.29, 1.82) is 0 Å². The van der Waals surface area contributed by atoms with Crippen LogP contribution in [0.4, 0.5) is 48.3 Å². The summed E-state index contributed by atoms with van der Waals surface area (Å²) in [7, 11) is 0. The average Bonchev–Trinajstić information content (AvgIpc) is 2.09. The smallest absolute Gasteiger partial charge is 0.349 e. The van der Waals surface area contributed by atoms with E-state index in [0.717, 1.165) is 0 Å². The minimum Gasteiger partial charge on any atom is -0.349 e. The first-order valence-electron chi connectivity index (χ1n) is 3.76. The maximum atomic E-state index is 12.7. The highest BCUT2D eigenvalue weighted by Crippen LogP contribution is 2.50. The molecule has 0 amide bonds. The lowest BCUT2D eigenvalue weighted by atomic mass is 9.93. The van der Waals surface area contributed by atoms with Crippen molar-refractivity contribution in [3.05, 3.63) is 0 Å². The molecule has 1 N–H and O–H groups in total. The Morgan fingerprint density at radius 1 is 0.632 bits per heavy atom. The maximum absolute atomic E-state index is 12.7. The Morgan fingerprint density at radius 2 is 0.895 bits per heavy atom. The molecule has 0 spiro atoms. The minimum atomic E-state index is -7.26. The molecule has 1 unspecified atom stereocenters. The number of carbonyl (C=O) groups excluding carboxylic acids is 1. The van der Waals surface area contributed by atoms with Gasteiger partial charge in [-0.3, -0.25) is 4.79 Å². The van der Waals surface area contributed by atoms with Crippen LogP contribution in [0.1, 0.15) is 0 Å². The molecule has 0 aromatic rings. The first-order chi connectivity index (χ1) is 7.90. The molecule has 1 atom stereocenters. The highest BCUT2D eigenvalue weighted by atomic mass is 19.4. The van der Waals surface area contributed by atoms with E-state index in [4.69, 9.17) is 5.11 Å². The van der Waals surface area contributed by atoms with E-state index in [2.05, 4.69) is 0 Å². The lowest BCUT2D eigenvalue weighted by Gasteiger charge is -2.32. The number of hydrogen-bond acceptors (Lipinski definition) is 2. The summed E-state index contributed by atoms with van der Waals surface area (Å²) in [5.74, 6) is -11.4. The van der Waals surface area contributed by atoms with Gasteiger partial charge in [0.25, 0.3) is 5.78 Å². The Labute approximate surface area is 95.3 Å². The number of aliphatic hydroxyl groups is 1. The third kappa shape index (κ3) is 2.60. The molecule has 0 aliphatic rings. The van der Waals surface area contributed by atoms with Gasteiger partial charge in [-0.2, -0.15) is 43.9 Å². The van der Waals surface area contributed by atoms with Crippen LogP contribution in [0, 0.1) is 0 Å². The summed E-state index contributed by atoms with van der Waals surface area (Å²) in [6, 6.07) is 0. The summed E-state index contributed by atoms with van der Waals surface area (Å²) < 4.78 is 131. The molecule has 0 aromatic heterocycles. The molecule has 13 heteroatoms. The first kappa shape index (κ1) is 17.9. The normalized spacial score (nSPS) is 18.1. The van der Waals surface area contributed by atoms with Crippen molar-refractivity contribution in [1.82, 2.24) is 0 Å². The van der Waals surface area contributed by atoms with Gasteiger partial charge in [-0.05, 0) is 0 Å². The lowest BCUT2D eigenvalue weighted by Crippen LogP contribution is -2.67. The third-order valence-corrected chi connectivity index (χ3v) is 1.77. The van der Waals surface area contributed by atoms with E-state index in [0.29, 0.717) is 0 Å².